The maximum atomic E-state index is 9.58. The molecule has 2 atom stereocenters. The Morgan fingerprint density at radius 3 is 2.94 bits per heavy atom. The van der Waals surface area contributed by atoms with Crippen LogP contribution in [0.1, 0.15) is 19.2 Å². The molecule has 1 aromatic heterocycles. The fourth-order valence-electron chi connectivity index (χ4n) is 2.18. The maximum absolute atomic E-state index is 9.58. The number of nitrogens with zero attached hydrogens (tertiary/aromatic N) is 3. The van der Waals surface area contributed by atoms with Gasteiger partial charge in [-0.05, 0) is 20.3 Å². The lowest BCUT2D eigenvalue weighted by Crippen LogP contribution is -2.25. The standard InChI is InChI=1S/C11H19N5O/c1-7(17)9-3-4-16(6-9)11-5-10(15-12)13-8(2)14-11/h5,7,9,17H,3-4,6,12H2,1-2H3,(H,13,14,15). The molecular weight excluding hydrogens is 218 g/mol. The summed E-state index contributed by atoms with van der Waals surface area (Å²) < 4.78 is 0. The predicted molar refractivity (Wildman–Crippen MR) is 66.6 cm³/mol. The van der Waals surface area contributed by atoms with Gasteiger partial charge in [-0.3, -0.25) is 0 Å². The van der Waals surface area contributed by atoms with E-state index in [1.165, 1.54) is 0 Å². The molecule has 1 aromatic rings. The number of aromatic nitrogens is 2. The Kier molecular flexibility index (Phi) is 3.44. The van der Waals surface area contributed by atoms with Crippen molar-refractivity contribution in [1.82, 2.24) is 9.97 Å². The van der Waals surface area contributed by atoms with Crippen LogP contribution in [0.3, 0.4) is 0 Å². The van der Waals surface area contributed by atoms with Crippen LogP contribution in [0, 0.1) is 12.8 Å². The quantitative estimate of drug-likeness (QED) is 0.517. The molecule has 2 unspecified atom stereocenters. The first kappa shape index (κ1) is 12.1. The molecule has 4 N–H and O–H groups in total. The second-order valence-corrected chi connectivity index (χ2v) is 4.54. The van der Waals surface area contributed by atoms with Crippen LogP contribution in [0.25, 0.3) is 0 Å². The highest BCUT2D eigenvalue weighted by atomic mass is 16.3. The van der Waals surface area contributed by atoms with E-state index >= 15 is 0 Å². The second-order valence-electron chi connectivity index (χ2n) is 4.54. The van der Waals surface area contributed by atoms with Crippen molar-refractivity contribution in [2.75, 3.05) is 23.4 Å². The van der Waals surface area contributed by atoms with Gasteiger partial charge >= 0.3 is 0 Å². The molecule has 0 amide bonds. The monoisotopic (exact) mass is 237 g/mol. The van der Waals surface area contributed by atoms with Gasteiger partial charge in [-0.1, -0.05) is 0 Å². The number of hydrogen-bond donors (Lipinski definition) is 3. The van der Waals surface area contributed by atoms with Gasteiger partial charge in [-0.2, -0.15) is 0 Å². The molecular formula is C11H19N5O. The molecule has 0 aromatic carbocycles. The van der Waals surface area contributed by atoms with E-state index in [4.69, 9.17) is 5.84 Å². The number of hydrogen-bond acceptors (Lipinski definition) is 6. The fraction of sp³-hybridized carbons (Fsp3) is 0.636. The highest BCUT2D eigenvalue weighted by Crippen LogP contribution is 2.25. The lowest BCUT2D eigenvalue weighted by Gasteiger charge is -2.19. The molecule has 0 aliphatic carbocycles. The predicted octanol–water partition coefficient (Wildman–Crippen LogP) is 0.278. The Balaban J connectivity index is 2.15. The van der Waals surface area contributed by atoms with Crippen molar-refractivity contribution >= 4 is 11.6 Å². The molecule has 17 heavy (non-hydrogen) atoms. The number of aliphatic hydroxyl groups excluding tert-OH is 1. The van der Waals surface area contributed by atoms with Crippen LogP contribution < -0.4 is 16.2 Å². The Hall–Kier alpha value is -1.40. The van der Waals surface area contributed by atoms with Gasteiger partial charge in [-0.15, -0.1) is 0 Å². The van der Waals surface area contributed by atoms with Crippen molar-refractivity contribution in [3.63, 3.8) is 0 Å². The molecule has 0 saturated carbocycles. The van der Waals surface area contributed by atoms with E-state index in [1.54, 1.807) is 0 Å². The van der Waals surface area contributed by atoms with Gasteiger partial charge in [-0.25, -0.2) is 15.8 Å². The Labute approximate surface area is 101 Å². The van der Waals surface area contributed by atoms with Crippen LogP contribution in [0.15, 0.2) is 6.07 Å². The SMILES string of the molecule is Cc1nc(NN)cc(N2CCC(C(C)O)C2)n1. The number of nitrogens with two attached hydrogens (primary N) is 1. The van der Waals surface area contributed by atoms with E-state index in [-0.39, 0.29) is 6.10 Å². The van der Waals surface area contributed by atoms with Crippen LogP contribution in [-0.2, 0) is 0 Å². The van der Waals surface area contributed by atoms with E-state index in [1.807, 2.05) is 19.9 Å². The summed E-state index contributed by atoms with van der Waals surface area (Å²) in [6.45, 7) is 5.42. The van der Waals surface area contributed by atoms with Crippen molar-refractivity contribution in [1.29, 1.82) is 0 Å². The minimum atomic E-state index is -0.268. The maximum Gasteiger partial charge on any atom is 0.145 e. The van der Waals surface area contributed by atoms with Crippen molar-refractivity contribution < 1.29 is 5.11 Å². The molecule has 2 rings (SSSR count). The number of aliphatic hydroxyl groups is 1. The van der Waals surface area contributed by atoms with E-state index in [2.05, 4.69) is 20.3 Å². The minimum absolute atomic E-state index is 0.268. The molecule has 0 radical (unpaired) electrons. The molecule has 1 aliphatic rings. The van der Waals surface area contributed by atoms with Crippen LogP contribution in [0.5, 0.6) is 0 Å². The first-order valence-corrected chi connectivity index (χ1v) is 5.85. The number of nitrogens with one attached hydrogen (secondary N) is 1. The van der Waals surface area contributed by atoms with E-state index < -0.39 is 0 Å². The van der Waals surface area contributed by atoms with Crippen LogP contribution in [0.2, 0.25) is 0 Å². The lowest BCUT2D eigenvalue weighted by molar-refractivity contribution is 0.136. The summed E-state index contributed by atoms with van der Waals surface area (Å²) in [6, 6.07) is 1.83. The van der Waals surface area contributed by atoms with Gasteiger partial charge in [0.2, 0.25) is 0 Å². The van der Waals surface area contributed by atoms with Crippen LogP contribution in [-0.4, -0.2) is 34.3 Å². The number of anilines is 2. The topological polar surface area (TPSA) is 87.3 Å². The number of rotatable bonds is 3. The molecule has 1 aliphatic heterocycles. The Morgan fingerprint density at radius 1 is 1.59 bits per heavy atom. The smallest absolute Gasteiger partial charge is 0.145 e. The zero-order chi connectivity index (χ0) is 12.4. The highest BCUT2D eigenvalue weighted by Gasteiger charge is 2.27. The summed E-state index contributed by atoms with van der Waals surface area (Å²) in [5, 5.41) is 9.58. The summed E-state index contributed by atoms with van der Waals surface area (Å²) in [7, 11) is 0. The summed E-state index contributed by atoms with van der Waals surface area (Å²) >= 11 is 0. The van der Waals surface area contributed by atoms with Gasteiger partial charge in [0, 0.05) is 25.1 Å². The third-order valence-corrected chi connectivity index (χ3v) is 3.20. The largest absolute Gasteiger partial charge is 0.393 e. The molecule has 0 spiro atoms. The van der Waals surface area contributed by atoms with Crippen molar-refractivity contribution in [3.8, 4) is 0 Å². The van der Waals surface area contributed by atoms with Gasteiger partial charge < -0.3 is 15.4 Å². The average Bonchev–Trinajstić information content (AvgIpc) is 2.77. The molecule has 2 heterocycles. The first-order chi connectivity index (χ1) is 8.10. The van der Waals surface area contributed by atoms with Gasteiger partial charge in [0.15, 0.2) is 0 Å². The molecule has 94 valence electrons. The lowest BCUT2D eigenvalue weighted by atomic mass is 10.0. The number of hydrazine groups is 1. The fourth-order valence-corrected chi connectivity index (χ4v) is 2.18. The highest BCUT2D eigenvalue weighted by molar-refractivity contribution is 5.49. The molecule has 6 nitrogen and oxygen atoms in total. The van der Waals surface area contributed by atoms with Crippen molar-refractivity contribution in [2.24, 2.45) is 11.8 Å². The zero-order valence-corrected chi connectivity index (χ0v) is 10.2. The molecule has 0 bridgehead atoms. The molecule has 1 saturated heterocycles. The van der Waals surface area contributed by atoms with Crippen LogP contribution >= 0.6 is 0 Å². The van der Waals surface area contributed by atoms with E-state index in [0.29, 0.717) is 17.6 Å². The molecule has 1 fully saturated rings. The van der Waals surface area contributed by atoms with Gasteiger partial charge in [0.25, 0.3) is 0 Å². The van der Waals surface area contributed by atoms with Gasteiger partial charge in [0.05, 0.1) is 6.10 Å². The van der Waals surface area contributed by atoms with Gasteiger partial charge in [0.1, 0.15) is 17.5 Å². The first-order valence-electron chi connectivity index (χ1n) is 5.85. The number of aryl methyl sites for hydroxylation is 1. The van der Waals surface area contributed by atoms with Crippen LogP contribution in [0.4, 0.5) is 11.6 Å². The molecule has 6 heteroatoms. The minimum Gasteiger partial charge on any atom is -0.393 e. The summed E-state index contributed by atoms with van der Waals surface area (Å²) in [6.07, 6.45) is 0.724. The van der Waals surface area contributed by atoms with E-state index in [9.17, 15) is 5.11 Å². The third kappa shape index (κ3) is 2.65. The second kappa shape index (κ2) is 4.85. The zero-order valence-electron chi connectivity index (χ0n) is 10.2. The van der Waals surface area contributed by atoms with E-state index in [0.717, 1.165) is 25.3 Å². The summed E-state index contributed by atoms with van der Waals surface area (Å²) in [5.41, 5.74) is 2.54. The number of nitrogen functional groups attached to an aromatic ring is 1. The van der Waals surface area contributed by atoms with Crippen molar-refractivity contribution in [3.05, 3.63) is 11.9 Å². The summed E-state index contributed by atoms with van der Waals surface area (Å²) in [4.78, 5) is 10.7. The Bertz CT molecular complexity index is 395. The summed E-state index contributed by atoms with van der Waals surface area (Å²) in [5.74, 6) is 7.86. The van der Waals surface area contributed by atoms with Crippen molar-refractivity contribution in [2.45, 2.75) is 26.4 Å². The average molecular weight is 237 g/mol. The third-order valence-electron chi connectivity index (χ3n) is 3.20. The Morgan fingerprint density at radius 2 is 2.35 bits per heavy atom. The normalized spacial score (nSPS) is 21.6.